The molecule has 5 heteroatoms. The Balaban J connectivity index is 2.79. The molecule has 1 aromatic heterocycles. The predicted molar refractivity (Wildman–Crippen MR) is 79.4 cm³/mol. The molecule has 0 aliphatic heterocycles. The third kappa shape index (κ3) is 2.80. The smallest absolute Gasteiger partial charge is 0.264 e. The third-order valence-electron chi connectivity index (χ3n) is 3.04. The van der Waals surface area contributed by atoms with E-state index in [1.807, 2.05) is 13.8 Å². The van der Waals surface area contributed by atoms with Crippen molar-refractivity contribution in [3.05, 3.63) is 50.9 Å². The molecule has 1 aromatic carbocycles. The van der Waals surface area contributed by atoms with Crippen LogP contribution < -0.4 is 5.56 Å². The molecular weight excluding hydrogens is 276 g/mol. The lowest BCUT2D eigenvalue weighted by Crippen LogP contribution is -2.12. The summed E-state index contributed by atoms with van der Waals surface area (Å²) in [6, 6.07) is 6.49. The van der Waals surface area contributed by atoms with E-state index >= 15 is 0 Å². The average Bonchev–Trinajstić information content (AvgIpc) is 2.37. The highest BCUT2D eigenvalue weighted by Crippen LogP contribution is 2.31. The molecule has 0 bridgehead atoms. The first-order valence-corrected chi connectivity index (χ1v) is 6.68. The Kier molecular flexibility index (Phi) is 4.04. The van der Waals surface area contributed by atoms with Gasteiger partial charge in [-0.2, -0.15) is 5.10 Å². The van der Waals surface area contributed by atoms with Crippen molar-refractivity contribution in [1.82, 2.24) is 10.2 Å². The first kappa shape index (κ1) is 14.5. The van der Waals surface area contributed by atoms with Crippen molar-refractivity contribution in [1.29, 1.82) is 0 Å². The molecule has 2 aromatic rings. The van der Waals surface area contributed by atoms with Crippen LogP contribution in [0.3, 0.4) is 0 Å². The summed E-state index contributed by atoms with van der Waals surface area (Å²) in [6.45, 7) is 5.44. The Hall–Kier alpha value is -1.94. The Morgan fingerprint density at radius 2 is 1.95 bits per heavy atom. The van der Waals surface area contributed by atoms with Crippen LogP contribution in [0.15, 0.2) is 29.1 Å². The topological polar surface area (TPSA) is 62.8 Å². The molecule has 4 nitrogen and oxygen atoms in total. The Morgan fingerprint density at radius 1 is 1.25 bits per heavy atom. The minimum atomic E-state index is -0.307. The standard InChI is InChI=1S/C15H15ClN2O2/c1-8(2)15-13(7-14(20)17-18-15)12-6-10(16)4-5-11(12)9(3)19/h4-8H,1-3H3,(H,17,20). The number of rotatable bonds is 3. The summed E-state index contributed by atoms with van der Waals surface area (Å²) in [5, 5.41) is 7.04. The van der Waals surface area contributed by atoms with E-state index in [1.165, 1.54) is 13.0 Å². The molecule has 0 atom stereocenters. The van der Waals surface area contributed by atoms with Crippen LogP contribution >= 0.6 is 11.6 Å². The molecule has 1 heterocycles. The number of hydrogen-bond donors (Lipinski definition) is 1. The molecule has 0 spiro atoms. The quantitative estimate of drug-likeness (QED) is 0.881. The molecule has 104 valence electrons. The number of H-pyrrole nitrogens is 1. The number of hydrogen-bond acceptors (Lipinski definition) is 3. The summed E-state index contributed by atoms with van der Waals surface area (Å²) in [7, 11) is 0. The zero-order chi connectivity index (χ0) is 14.9. The van der Waals surface area contributed by atoms with Crippen molar-refractivity contribution in [3.63, 3.8) is 0 Å². The first-order chi connectivity index (χ1) is 9.40. The summed E-state index contributed by atoms with van der Waals surface area (Å²) >= 11 is 6.03. The highest BCUT2D eigenvalue weighted by atomic mass is 35.5. The number of aromatic amines is 1. The van der Waals surface area contributed by atoms with Crippen LogP contribution in [0.4, 0.5) is 0 Å². The average molecular weight is 291 g/mol. The van der Waals surface area contributed by atoms with Gasteiger partial charge in [0.05, 0.1) is 5.69 Å². The van der Waals surface area contributed by atoms with Crippen LogP contribution in [-0.2, 0) is 0 Å². The van der Waals surface area contributed by atoms with Gasteiger partial charge in [-0.3, -0.25) is 9.59 Å². The monoisotopic (exact) mass is 290 g/mol. The normalized spacial score (nSPS) is 10.8. The van der Waals surface area contributed by atoms with Gasteiger partial charge in [-0.1, -0.05) is 25.4 Å². The van der Waals surface area contributed by atoms with Gasteiger partial charge >= 0.3 is 0 Å². The fraction of sp³-hybridized carbons (Fsp3) is 0.267. The molecule has 0 fully saturated rings. The van der Waals surface area contributed by atoms with Crippen LogP contribution in [0.5, 0.6) is 0 Å². The van der Waals surface area contributed by atoms with E-state index in [9.17, 15) is 9.59 Å². The molecule has 1 N–H and O–H groups in total. The second kappa shape index (κ2) is 5.59. The fourth-order valence-corrected chi connectivity index (χ4v) is 2.29. The number of benzene rings is 1. The van der Waals surface area contributed by atoms with Gasteiger partial charge in [0.2, 0.25) is 0 Å². The van der Waals surface area contributed by atoms with Crippen LogP contribution in [0.2, 0.25) is 5.02 Å². The molecule has 2 rings (SSSR count). The number of ketones is 1. The maximum Gasteiger partial charge on any atom is 0.264 e. The van der Waals surface area contributed by atoms with E-state index < -0.39 is 0 Å². The number of carbonyl (C=O) groups excluding carboxylic acids is 1. The molecular formula is C15H15ClN2O2. The largest absolute Gasteiger partial charge is 0.294 e. The van der Waals surface area contributed by atoms with E-state index in [0.717, 1.165) is 5.69 Å². The van der Waals surface area contributed by atoms with E-state index in [1.54, 1.807) is 18.2 Å². The minimum absolute atomic E-state index is 0.0772. The van der Waals surface area contributed by atoms with E-state index in [2.05, 4.69) is 10.2 Å². The van der Waals surface area contributed by atoms with E-state index in [0.29, 0.717) is 21.7 Å². The van der Waals surface area contributed by atoms with Crippen molar-refractivity contribution in [2.75, 3.05) is 0 Å². The molecule has 0 saturated heterocycles. The summed E-state index contributed by atoms with van der Waals surface area (Å²) in [4.78, 5) is 23.3. The van der Waals surface area contributed by atoms with Crippen molar-refractivity contribution >= 4 is 17.4 Å². The summed E-state index contributed by atoms with van der Waals surface area (Å²) < 4.78 is 0. The van der Waals surface area contributed by atoms with Gasteiger partial charge in [-0.05, 0) is 36.6 Å². The predicted octanol–water partition coefficient (Wildman–Crippen LogP) is 3.42. The summed E-state index contributed by atoms with van der Waals surface area (Å²) in [5.74, 6) is 0.0345. The van der Waals surface area contributed by atoms with Crippen molar-refractivity contribution in [3.8, 4) is 11.1 Å². The second-order valence-corrected chi connectivity index (χ2v) is 5.37. The van der Waals surface area contributed by atoms with E-state index in [4.69, 9.17) is 11.6 Å². The zero-order valence-corrected chi connectivity index (χ0v) is 12.3. The lowest BCUT2D eigenvalue weighted by molar-refractivity contribution is 0.101. The maximum atomic E-state index is 11.8. The SMILES string of the molecule is CC(=O)c1ccc(Cl)cc1-c1cc(=O)[nH]nc1C(C)C. The van der Waals surface area contributed by atoms with Gasteiger partial charge in [0, 0.05) is 22.2 Å². The number of nitrogens with one attached hydrogen (secondary N) is 1. The van der Waals surface area contributed by atoms with Crippen LogP contribution in [0, 0.1) is 0 Å². The highest BCUT2D eigenvalue weighted by molar-refractivity contribution is 6.31. The van der Waals surface area contributed by atoms with Crippen LogP contribution in [0.1, 0.15) is 42.7 Å². The van der Waals surface area contributed by atoms with Crippen molar-refractivity contribution < 1.29 is 4.79 Å². The number of aromatic nitrogens is 2. The number of halogens is 1. The van der Waals surface area contributed by atoms with Gasteiger partial charge < -0.3 is 0 Å². The lowest BCUT2D eigenvalue weighted by atomic mass is 9.93. The number of carbonyl (C=O) groups is 1. The first-order valence-electron chi connectivity index (χ1n) is 6.30. The molecule has 0 amide bonds. The van der Waals surface area contributed by atoms with Gasteiger partial charge in [0.25, 0.3) is 5.56 Å². The number of Topliss-reactive ketones (excluding diaryl/α,β-unsaturated/α-hetero) is 1. The Bertz CT molecular complexity index is 720. The summed E-state index contributed by atoms with van der Waals surface area (Å²) in [5.41, 5.74) is 2.25. The molecule has 0 aliphatic rings. The maximum absolute atomic E-state index is 11.8. The molecule has 20 heavy (non-hydrogen) atoms. The fourth-order valence-electron chi connectivity index (χ4n) is 2.12. The van der Waals surface area contributed by atoms with Crippen LogP contribution in [0.25, 0.3) is 11.1 Å². The second-order valence-electron chi connectivity index (χ2n) is 4.93. The van der Waals surface area contributed by atoms with Crippen molar-refractivity contribution in [2.45, 2.75) is 26.7 Å². The molecule has 0 saturated carbocycles. The molecule has 0 radical (unpaired) electrons. The Labute approximate surface area is 121 Å². The molecule has 0 unspecified atom stereocenters. The highest BCUT2D eigenvalue weighted by Gasteiger charge is 2.16. The number of nitrogens with zero attached hydrogens (tertiary/aromatic N) is 1. The van der Waals surface area contributed by atoms with Gasteiger partial charge in [-0.15, -0.1) is 0 Å². The van der Waals surface area contributed by atoms with Gasteiger partial charge in [0.15, 0.2) is 5.78 Å². The van der Waals surface area contributed by atoms with E-state index in [-0.39, 0.29) is 17.3 Å². The minimum Gasteiger partial charge on any atom is -0.294 e. The lowest BCUT2D eigenvalue weighted by Gasteiger charge is -2.13. The third-order valence-corrected chi connectivity index (χ3v) is 3.27. The van der Waals surface area contributed by atoms with Gasteiger partial charge in [-0.25, -0.2) is 5.10 Å². The molecule has 0 aliphatic carbocycles. The Morgan fingerprint density at radius 3 is 2.55 bits per heavy atom. The van der Waals surface area contributed by atoms with Gasteiger partial charge in [0.1, 0.15) is 0 Å². The van der Waals surface area contributed by atoms with Crippen molar-refractivity contribution in [2.24, 2.45) is 0 Å². The zero-order valence-electron chi connectivity index (χ0n) is 11.5. The summed E-state index contributed by atoms with van der Waals surface area (Å²) in [6.07, 6.45) is 0. The van der Waals surface area contributed by atoms with Crippen LogP contribution in [-0.4, -0.2) is 16.0 Å².